The molecule has 1 heterocycles. The fourth-order valence-corrected chi connectivity index (χ4v) is 2.43. The molecule has 2 rings (SSSR count). The van der Waals surface area contributed by atoms with Crippen LogP contribution in [0.1, 0.15) is 24.0 Å². The second kappa shape index (κ2) is 6.01. The SMILES string of the molecule is CNC1CCCN(C(=O)Cc2ccc(C)cc2)C1. The Labute approximate surface area is 109 Å². The number of likely N-dealkylation sites (N-methyl/N-ethyl adjacent to an activating group) is 1. The monoisotopic (exact) mass is 246 g/mol. The second-order valence-electron chi connectivity index (χ2n) is 5.13. The Hall–Kier alpha value is -1.35. The van der Waals surface area contributed by atoms with Gasteiger partial charge in [-0.1, -0.05) is 29.8 Å². The van der Waals surface area contributed by atoms with Crippen LogP contribution in [0.5, 0.6) is 0 Å². The van der Waals surface area contributed by atoms with Gasteiger partial charge in [-0.05, 0) is 32.4 Å². The molecule has 0 spiro atoms. The predicted molar refractivity (Wildman–Crippen MR) is 73.5 cm³/mol. The Morgan fingerprint density at radius 1 is 1.39 bits per heavy atom. The quantitative estimate of drug-likeness (QED) is 0.881. The molecule has 1 atom stereocenters. The van der Waals surface area contributed by atoms with E-state index in [-0.39, 0.29) is 5.91 Å². The first-order chi connectivity index (χ1) is 8.69. The van der Waals surface area contributed by atoms with Gasteiger partial charge in [0.15, 0.2) is 0 Å². The van der Waals surface area contributed by atoms with Gasteiger partial charge in [0.25, 0.3) is 0 Å². The van der Waals surface area contributed by atoms with E-state index in [2.05, 4.69) is 24.4 Å². The first-order valence-electron chi connectivity index (χ1n) is 6.69. The number of benzene rings is 1. The first kappa shape index (κ1) is 13.1. The molecule has 1 fully saturated rings. The van der Waals surface area contributed by atoms with Gasteiger partial charge in [0, 0.05) is 19.1 Å². The van der Waals surface area contributed by atoms with Crippen molar-refractivity contribution in [1.29, 1.82) is 0 Å². The van der Waals surface area contributed by atoms with Crippen LogP contribution in [-0.4, -0.2) is 37.0 Å². The number of aryl methyl sites for hydroxylation is 1. The smallest absolute Gasteiger partial charge is 0.227 e. The van der Waals surface area contributed by atoms with Crippen LogP contribution in [0, 0.1) is 6.92 Å². The molecule has 3 heteroatoms. The summed E-state index contributed by atoms with van der Waals surface area (Å²) in [5.41, 5.74) is 2.34. The second-order valence-corrected chi connectivity index (χ2v) is 5.13. The fraction of sp³-hybridized carbons (Fsp3) is 0.533. The summed E-state index contributed by atoms with van der Waals surface area (Å²) in [6.45, 7) is 3.82. The van der Waals surface area contributed by atoms with E-state index in [1.807, 2.05) is 24.1 Å². The lowest BCUT2D eigenvalue weighted by atomic mass is 10.0. The lowest BCUT2D eigenvalue weighted by Crippen LogP contribution is -2.47. The number of nitrogens with zero attached hydrogens (tertiary/aromatic N) is 1. The third-order valence-electron chi connectivity index (χ3n) is 3.66. The summed E-state index contributed by atoms with van der Waals surface area (Å²) >= 11 is 0. The highest BCUT2D eigenvalue weighted by Crippen LogP contribution is 2.12. The predicted octanol–water partition coefficient (Wildman–Crippen LogP) is 1.75. The zero-order valence-electron chi connectivity index (χ0n) is 11.3. The topological polar surface area (TPSA) is 32.3 Å². The van der Waals surface area contributed by atoms with E-state index < -0.39 is 0 Å². The first-order valence-corrected chi connectivity index (χ1v) is 6.69. The zero-order valence-corrected chi connectivity index (χ0v) is 11.3. The lowest BCUT2D eigenvalue weighted by Gasteiger charge is -2.32. The Bertz CT molecular complexity index is 399. The molecule has 3 nitrogen and oxygen atoms in total. The number of likely N-dealkylation sites (tertiary alicyclic amines) is 1. The highest BCUT2D eigenvalue weighted by Gasteiger charge is 2.22. The molecule has 1 amide bonds. The van der Waals surface area contributed by atoms with Crippen LogP contribution in [0.15, 0.2) is 24.3 Å². The van der Waals surface area contributed by atoms with E-state index in [9.17, 15) is 4.79 Å². The van der Waals surface area contributed by atoms with E-state index >= 15 is 0 Å². The Kier molecular flexibility index (Phi) is 4.37. The maximum absolute atomic E-state index is 12.2. The molecule has 1 aliphatic rings. The normalized spacial score (nSPS) is 19.9. The Morgan fingerprint density at radius 3 is 2.78 bits per heavy atom. The summed E-state index contributed by atoms with van der Waals surface area (Å²) in [4.78, 5) is 14.2. The molecule has 98 valence electrons. The van der Waals surface area contributed by atoms with Crippen molar-refractivity contribution in [2.75, 3.05) is 20.1 Å². The number of nitrogens with one attached hydrogen (secondary N) is 1. The zero-order chi connectivity index (χ0) is 13.0. The van der Waals surface area contributed by atoms with Crippen molar-refractivity contribution in [3.8, 4) is 0 Å². The number of hydrogen-bond acceptors (Lipinski definition) is 2. The summed E-state index contributed by atoms with van der Waals surface area (Å²) in [5.74, 6) is 0.249. The van der Waals surface area contributed by atoms with Crippen LogP contribution in [0.25, 0.3) is 0 Å². The van der Waals surface area contributed by atoms with Crippen molar-refractivity contribution in [2.45, 2.75) is 32.2 Å². The summed E-state index contributed by atoms with van der Waals surface area (Å²) < 4.78 is 0. The Morgan fingerprint density at radius 2 is 2.11 bits per heavy atom. The van der Waals surface area contributed by atoms with Gasteiger partial charge in [0.1, 0.15) is 0 Å². The molecule has 1 N–H and O–H groups in total. The average Bonchev–Trinajstić information content (AvgIpc) is 2.41. The molecule has 0 bridgehead atoms. The van der Waals surface area contributed by atoms with Crippen LogP contribution >= 0.6 is 0 Å². The minimum atomic E-state index is 0.249. The third kappa shape index (κ3) is 3.33. The summed E-state index contributed by atoms with van der Waals surface area (Å²) in [6.07, 6.45) is 2.80. The van der Waals surface area contributed by atoms with Gasteiger partial charge in [0.05, 0.1) is 6.42 Å². The van der Waals surface area contributed by atoms with Crippen LogP contribution in [0.2, 0.25) is 0 Å². The minimum Gasteiger partial charge on any atom is -0.341 e. The number of amides is 1. The average molecular weight is 246 g/mol. The highest BCUT2D eigenvalue weighted by atomic mass is 16.2. The van der Waals surface area contributed by atoms with Crippen molar-refractivity contribution >= 4 is 5.91 Å². The van der Waals surface area contributed by atoms with E-state index in [0.717, 1.165) is 25.1 Å². The van der Waals surface area contributed by atoms with Gasteiger partial charge in [-0.2, -0.15) is 0 Å². The van der Waals surface area contributed by atoms with Crippen molar-refractivity contribution < 1.29 is 4.79 Å². The number of carbonyl (C=O) groups is 1. The molecule has 0 aliphatic carbocycles. The number of piperidine rings is 1. The van der Waals surface area contributed by atoms with E-state index in [0.29, 0.717) is 12.5 Å². The summed E-state index contributed by atoms with van der Waals surface area (Å²) in [6, 6.07) is 8.69. The van der Waals surface area contributed by atoms with Gasteiger partial charge in [-0.3, -0.25) is 4.79 Å². The standard InChI is InChI=1S/C15H22N2O/c1-12-5-7-13(8-6-12)10-15(18)17-9-3-4-14(11-17)16-2/h5-8,14,16H,3-4,9-11H2,1-2H3. The Balaban J connectivity index is 1.93. The maximum atomic E-state index is 12.2. The van der Waals surface area contributed by atoms with Crippen LogP contribution < -0.4 is 5.32 Å². The van der Waals surface area contributed by atoms with E-state index in [1.54, 1.807) is 0 Å². The largest absolute Gasteiger partial charge is 0.341 e. The molecule has 0 aromatic heterocycles. The summed E-state index contributed by atoms with van der Waals surface area (Å²) in [5, 5.41) is 3.27. The number of hydrogen-bond donors (Lipinski definition) is 1. The number of rotatable bonds is 3. The molecule has 1 unspecified atom stereocenters. The van der Waals surface area contributed by atoms with Crippen molar-refractivity contribution in [2.24, 2.45) is 0 Å². The molecular weight excluding hydrogens is 224 g/mol. The maximum Gasteiger partial charge on any atom is 0.227 e. The molecule has 0 radical (unpaired) electrons. The van der Waals surface area contributed by atoms with Crippen LogP contribution in [0.4, 0.5) is 0 Å². The van der Waals surface area contributed by atoms with Gasteiger partial charge in [-0.25, -0.2) is 0 Å². The molecule has 1 saturated heterocycles. The fourth-order valence-electron chi connectivity index (χ4n) is 2.43. The van der Waals surface area contributed by atoms with Crippen LogP contribution in [0.3, 0.4) is 0 Å². The molecule has 0 saturated carbocycles. The van der Waals surface area contributed by atoms with Gasteiger partial charge < -0.3 is 10.2 Å². The van der Waals surface area contributed by atoms with Crippen molar-refractivity contribution in [3.05, 3.63) is 35.4 Å². The van der Waals surface area contributed by atoms with Crippen LogP contribution in [-0.2, 0) is 11.2 Å². The molecule has 1 aromatic rings. The van der Waals surface area contributed by atoms with Gasteiger partial charge in [-0.15, -0.1) is 0 Å². The van der Waals surface area contributed by atoms with E-state index in [1.165, 1.54) is 12.0 Å². The third-order valence-corrected chi connectivity index (χ3v) is 3.66. The summed E-state index contributed by atoms with van der Waals surface area (Å²) in [7, 11) is 1.97. The highest BCUT2D eigenvalue weighted by molar-refractivity contribution is 5.78. The van der Waals surface area contributed by atoms with E-state index in [4.69, 9.17) is 0 Å². The molecule has 1 aliphatic heterocycles. The number of carbonyl (C=O) groups excluding carboxylic acids is 1. The minimum absolute atomic E-state index is 0.249. The van der Waals surface area contributed by atoms with Crippen molar-refractivity contribution in [3.63, 3.8) is 0 Å². The van der Waals surface area contributed by atoms with Crippen molar-refractivity contribution in [1.82, 2.24) is 10.2 Å². The molecule has 1 aromatic carbocycles. The molecular formula is C15H22N2O. The lowest BCUT2D eigenvalue weighted by molar-refractivity contribution is -0.131. The molecule has 18 heavy (non-hydrogen) atoms. The van der Waals surface area contributed by atoms with Gasteiger partial charge >= 0.3 is 0 Å². The van der Waals surface area contributed by atoms with Gasteiger partial charge in [0.2, 0.25) is 5.91 Å².